The first kappa shape index (κ1) is 40.4. The Morgan fingerprint density at radius 1 is 0.750 bits per heavy atom. The van der Waals surface area contributed by atoms with Crippen LogP contribution in [-0.4, -0.2) is 87.5 Å². The van der Waals surface area contributed by atoms with Crippen LogP contribution in [0.1, 0.15) is 123 Å². The summed E-state index contributed by atoms with van der Waals surface area (Å²) in [6, 6.07) is -0.826. The van der Waals surface area contributed by atoms with E-state index in [0.29, 0.717) is 0 Å². The summed E-state index contributed by atoms with van der Waals surface area (Å²) in [5, 5.41) is 52.4. The van der Waals surface area contributed by atoms with Gasteiger partial charge in [-0.25, -0.2) is 0 Å². The first-order chi connectivity index (χ1) is 21.3. The first-order valence-electron chi connectivity index (χ1n) is 17.2. The molecule has 7 unspecified atom stereocenters. The van der Waals surface area contributed by atoms with Gasteiger partial charge in [-0.15, -0.1) is 0 Å². The molecule has 7 atom stereocenters. The molecule has 0 saturated carbocycles. The van der Waals surface area contributed by atoms with Crippen molar-refractivity contribution >= 4 is 5.91 Å². The van der Waals surface area contributed by atoms with E-state index in [1.807, 2.05) is 6.08 Å². The fourth-order valence-electron chi connectivity index (χ4n) is 5.22. The third-order valence-electron chi connectivity index (χ3n) is 7.98. The average molecular weight is 626 g/mol. The van der Waals surface area contributed by atoms with Gasteiger partial charge in [-0.1, -0.05) is 114 Å². The maximum Gasteiger partial charge on any atom is 0.217 e. The lowest BCUT2D eigenvalue weighted by Gasteiger charge is -2.40. The van der Waals surface area contributed by atoms with Crippen LogP contribution in [0.2, 0.25) is 0 Å². The van der Waals surface area contributed by atoms with Gasteiger partial charge in [0.2, 0.25) is 5.91 Å². The zero-order valence-corrected chi connectivity index (χ0v) is 27.4. The second kappa shape index (κ2) is 26.6. The van der Waals surface area contributed by atoms with Crippen molar-refractivity contribution in [1.82, 2.24) is 5.32 Å². The summed E-state index contributed by atoms with van der Waals surface area (Å²) in [5.74, 6) is -0.370. The second-order valence-electron chi connectivity index (χ2n) is 12.0. The Kier molecular flexibility index (Phi) is 24.5. The van der Waals surface area contributed by atoms with Crippen molar-refractivity contribution in [3.05, 3.63) is 36.5 Å². The molecule has 0 radical (unpaired) electrons. The lowest BCUT2D eigenvalue weighted by Crippen LogP contribution is -2.60. The summed E-state index contributed by atoms with van der Waals surface area (Å²) >= 11 is 0. The molecule has 1 amide bonds. The van der Waals surface area contributed by atoms with E-state index in [2.05, 4.69) is 36.5 Å². The summed E-state index contributed by atoms with van der Waals surface area (Å²) in [7, 11) is 0. The van der Waals surface area contributed by atoms with Crippen molar-refractivity contribution in [2.45, 2.75) is 166 Å². The van der Waals surface area contributed by atoms with Crippen LogP contribution in [0.15, 0.2) is 36.5 Å². The van der Waals surface area contributed by atoms with Crippen LogP contribution in [0.5, 0.6) is 0 Å². The van der Waals surface area contributed by atoms with Crippen LogP contribution >= 0.6 is 0 Å². The molecule has 0 bridgehead atoms. The number of rotatable bonds is 26. The molecule has 9 nitrogen and oxygen atoms in total. The molecule has 0 aromatic rings. The Morgan fingerprint density at radius 3 is 1.77 bits per heavy atom. The molecule has 1 rings (SSSR count). The monoisotopic (exact) mass is 625 g/mol. The normalized spacial score (nSPS) is 24.0. The predicted octanol–water partition coefficient (Wildman–Crippen LogP) is 4.99. The Hall–Kier alpha value is -1.59. The second-order valence-corrected chi connectivity index (χ2v) is 12.0. The topological polar surface area (TPSA) is 149 Å². The van der Waals surface area contributed by atoms with Crippen molar-refractivity contribution in [3.8, 4) is 0 Å². The van der Waals surface area contributed by atoms with Gasteiger partial charge in [-0.05, 0) is 38.5 Å². The van der Waals surface area contributed by atoms with Gasteiger partial charge in [0.1, 0.15) is 24.4 Å². The highest BCUT2D eigenvalue weighted by Gasteiger charge is 2.44. The molecule has 6 N–H and O–H groups in total. The third kappa shape index (κ3) is 19.0. The highest BCUT2D eigenvalue weighted by atomic mass is 16.7. The van der Waals surface area contributed by atoms with Crippen LogP contribution < -0.4 is 5.32 Å². The average Bonchev–Trinajstić information content (AvgIpc) is 3.01. The molecule has 0 spiro atoms. The Morgan fingerprint density at radius 2 is 1.25 bits per heavy atom. The SMILES string of the molecule is CCCCCCCCCCCCCC/C=C/CC/C=C/CC/C=C/C(O)C(COC1OC(CO)C(O)C(O)C1O)NC(C)=O. The quantitative estimate of drug-likeness (QED) is 0.0582. The smallest absolute Gasteiger partial charge is 0.217 e. The number of hydrogen-bond donors (Lipinski definition) is 6. The van der Waals surface area contributed by atoms with Crippen molar-refractivity contribution in [3.63, 3.8) is 0 Å². The number of allylic oxidation sites excluding steroid dienone is 5. The first-order valence-corrected chi connectivity index (χ1v) is 17.2. The minimum Gasteiger partial charge on any atom is -0.394 e. The van der Waals surface area contributed by atoms with Crippen LogP contribution in [0, 0.1) is 0 Å². The van der Waals surface area contributed by atoms with Crippen molar-refractivity contribution in [1.29, 1.82) is 0 Å². The van der Waals surface area contributed by atoms with Gasteiger partial charge in [0.15, 0.2) is 6.29 Å². The number of unbranched alkanes of at least 4 members (excludes halogenated alkanes) is 14. The lowest BCUT2D eigenvalue weighted by molar-refractivity contribution is -0.302. The number of nitrogens with one attached hydrogen (secondary N) is 1. The molecule has 256 valence electrons. The zero-order chi connectivity index (χ0) is 32.4. The summed E-state index contributed by atoms with van der Waals surface area (Å²) in [5.41, 5.74) is 0. The third-order valence-corrected chi connectivity index (χ3v) is 7.98. The van der Waals surface area contributed by atoms with Crippen LogP contribution in [0.4, 0.5) is 0 Å². The molecule has 1 fully saturated rings. The van der Waals surface area contributed by atoms with E-state index in [4.69, 9.17) is 9.47 Å². The van der Waals surface area contributed by atoms with E-state index in [-0.39, 0.29) is 12.5 Å². The number of ether oxygens (including phenoxy) is 2. The fourth-order valence-corrected chi connectivity index (χ4v) is 5.22. The molecule has 0 aromatic heterocycles. The standard InChI is InChI=1S/C35H63NO8/c1-3-4-5-6-7-8-9-10-11-12-13-14-15-16-17-18-19-20-21-22-23-24-25-30(39)29(36-28(2)38)27-43-35-34(42)33(41)32(40)31(26-37)44-35/h16-17,20-21,24-25,29-35,37,39-42H,3-15,18-19,22-23,26-27H2,1-2H3,(H,36,38)/b17-16+,21-20+,25-24+. The maximum atomic E-state index is 11.6. The van der Waals surface area contributed by atoms with Crippen LogP contribution in [0.25, 0.3) is 0 Å². The van der Waals surface area contributed by atoms with Gasteiger partial charge >= 0.3 is 0 Å². The predicted molar refractivity (Wildman–Crippen MR) is 175 cm³/mol. The number of carbonyl (C=O) groups excluding carboxylic acids is 1. The van der Waals surface area contributed by atoms with E-state index >= 15 is 0 Å². The van der Waals surface area contributed by atoms with E-state index < -0.39 is 49.5 Å². The summed E-state index contributed by atoms with van der Waals surface area (Å²) in [4.78, 5) is 11.6. The van der Waals surface area contributed by atoms with Crippen molar-refractivity contribution < 1.29 is 39.8 Å². The van der Waals surface area contributed by atoms with Gasteiger partial charge in [0.25, 0.3) is 0 Å². The Balaban J connectivity index is 2.14. The van der Waals surface area contributed by atoms with E-state index in [0.717, 1.165) is 25.7 Å². The Bertz CT molecular complexity index is 787. The van der Waals surface area contributed by atoms with E-state index in [1.165, 1.54) is 90.4 Å². The largest absolute Gasteiger partial charge is 0.394 e. The molecular weight excluding hydrogens is 562 g/mol. The van der Waals surface area contributed by atoms with Crippen molar-refractivity contribution in [2.75, 3.05) is 13.2 Å². The van der Waals surface area contributed by atoms with Gasteiger partial charge in [0.05, 0.1) is 25.4 Å². The number of hydrogen-bond acceptors (Lipinski definition) is 8. The minimum atomic E-state index is -1.57. The van der Waals surface area contributed by atoms with Gasteiger partial charge in [-0.2, -0.15) is 0 Å². The highest BCUT2D eigenvalue weighted by Crippen LogP contribution is 2.22. The van der Waals surface area contributed by atoms with Gasteiger partial charge < -0.3 is 40.3 Å². The number of aliphatic hydroxyl groups is 5. The summed E-state index contributed by atoms with van der Waals surface area (Å²) in [6.45, 7) is 2.79. The highest BCUT2D eigenvalue weighted by molar-refractivity contribution is 5.73. The van der Waals surface area contributed by atoms with E-state index in [9.17, 15) is 30.3 Å². The molecule has 9 heteroatoms. The Labute approximate surface area is 266 Å². The van der Waals surface area contributed by atoms with E-state index in [1.54, 1.807) is 6.08 Å². The van der Waals surface area contributed by atoms with Crippen LogP contribution in [-0.2, 0) is 14.3 Å². The van der Waals surface area contributed by atoms with Gasteiger partial charge in [0, 0.05) is 6.92 Å². The molecule has 0 aliphatic carbocycles. The molecule has 0 aromatic carbocycles. The molecular formula is C35H63NO8. The molecule has 1 heterocycles. The van der Waals surface area contributed by atoms with Crippen molar-refractivity contribution in [2.24, 2.45) is 0 Å². The van der Waals surface area contributed by atoms with Crippen LogP contribution in [0.3, 0.4) is 0 Å². The summed E-state index contributed by atoms with van der Waals surface area (Å²) in [6.07, 6.45) is 25.5. The fraction of sp³-hybridized carbons (Fsp3) is 0.800. The lowest BCUT2D eigenvalue weighted by atomic mass is 9.99. The number of amides is 1. The van der Waals surface area contributed by atoms with Gasteiger partial charge in [-0.3, -0.25) is 4.79 Å². The maximum absolute atomic E-state index is 11.6. The summed E-state index contributed by atoms with van der Waals surface area (Å²) < 4.78 is 10.8. The number of carbonyl (C=O) groups is 1. The zero-order valence-electron chi connectivity index (χ0n) is 27.4. The molecule has 1 aliphatic heterocycles. The molecule has 1 aliphatic rings. The number of aliphatic hydroxyl groups excluding tert-OH is 5. The minimum absolute atomic E-state index is 0.222. The molecule has 44 heavy (non-hydrogen) atoms. The molecule has 1 saturated heterocycles.